The average Bonchev–Trinajstić information content (AvgIpc) is 2.26. The largest absolute Gasteiger partial charge is 0.361 e. The van der Waals surface area contributed by atoms with E-state index in [2.05, 4.69) is 35.7 Å². The zero-order chi connectivity index (χ0) is 11.3. The van der Waals surface area contributed by atoms with Gasteiger partial charge in [0.15, 0.2) is 0 Å². The van der Waals surface area contributed by atoms with Crippen molar-refractivity contribution < 1.29 is 0 Å². The Labute approximate surface area is 93.3 Å². The third-order valence-corrected chi connectivity index (χ3v) is 3.06. The first kappa shape index (κ1) is 12.2. The predicted molar refractivity (Wildman–Crippen MR) is 67.0 cm³/mol. The molecular formula is C12H23N3. The maximum absolute atomic E-state index is 4.51. The van der Waals surface area contributed by atoms with Gasteiger partial charge >= 0.3 is 0 Å². The molecule has 1 saturated heterocycles. The monoisotopic (exact) mass is 209 g/mol. The highest BCUT2D eigenvalue weighted by Gasteiger charge is 2.18. The Morgan fingerprint density at radius 3 is 2.27 bits per heavy atom. The van der Waals surface area contributed by atoms with Crippen molar-refractivity contribution in [3.63, 3.8) is 0 Å². The summed E-state index contributed by atoms with van der Waals surface area (Å²) >= 11 is 0. The average molecular weight is 209 g/mol. The molecule has 3 nitrogen and oxygen atoms in total. The summed E-state index contributed by atoms with van der Waals surface area (Å²) in [6.45, 7) is 9.54. The molecule has 0 aromatic carbocycles. The Hall–Kier alpha value is -0.860. The van der Waals surface area contributed by atoms with Crippen molar-refractivity contribution in [2.75, 3.05) is 26.7 Å². The van der Waals surface area contributed by atoms with E-state index in [4.69, 9.17) is 0 Å². The van der Waals surface area contributed by atoms with E-state index in [0.29, 0.717) is 0 Å². The van der Waals surface area contributed by atoms with E-state index >= 15 is 0 Å². The second kappa shape index (κ2) is 5.89. The molecule has 0 amide bonds. The van der Waals surface area contributed by atoms with Gasteiger partial charge in [-0.2, -0.15) is 0 Å². The SMILES string of the molecule is CN=C(C)N1CCC(CN=C(C)C)CC1. The van der Waals surface area contributed by atoms with Crippen LogP contribution in [0.5, 0.6) is 0 Å². The minimum atomic E-state index is 0.779. The standard InChI is InChI=1S/C12H23N3/c1-10(2)14-9-12-5-7-15(8-6-12)11(3)13-4/h12H,5-9H2,1-4H3. The van der Waals surface area contributed by atoms with E-state index < -0.39 is 0 Å². The molecule has 1 heterocycles. The van der Waals surface area contributed by atoms with E-state index in [-0.39, 0.29) is 0 Å². The van der Waals surface area contributed by atoms with Crippen molar-refractivity contribution in [2.24, 2.45) is 15.9 Å². The van der Waals surface area contributed by atoms with Crippen LogP contribution >= 0.6 is 0 Å². The molecule has 0 bridgehead atoms. The molecule has 1 rings (SSSR count). The lowest BCUT2D eigenvalue weighted by atomic mass is 9.97. The second-order valence-corrected chi connectivity index (χ2v) is 4.49. The first-order valence-electron chi connectivity index (χ1n) is 5.79. The van der Waals surface area contributed by atoms with Crippen molar-refractivity contribution in [3.05, 3.63) is 0 Å². The summed E-state index contributed by atoms with van der Waals surface area (Å²) in [6, 6.07) is 0. The van der Waals surface area contributed by atoms with Gasteiger partial charge in [0.05, 0.1) is 5.84 Å². The molecule has 1 fully saturated rings. The summed E-state index contributed by atoms with van der Waals surface area (Å²) in [7, 11) is 1.87. The summed E-state index contributed by atoms with van der Waals surface area (Å²) in [6.07, 6.45) is 2.51. The van der Waals surface area contributed by atoms with Crippen LogP contribution in [-0.2, 0) is 0 Å². The first-order chi connectivity index (χ1) is 7.13. The van der Waals surface area contributed by atoms with Crippen molar-refractivity contribution >= 4 is 11.5 Å². The van der Waals surface area contributed by atoms with Gasteiger partial charge in [-0.1, -0.05) is 0 Å². The van der Waals surface area contributed by atoms with E-state index in [1.165, 1.54) is 24.4 Å². The minimum absolute atomic E-state index is 0.779. The lowest BCUT2D eigenvalue weighted by molar-refractivity contribution is 0.270. The van der Waals surface area contributed by atoms with Gasteiger partial charge in [0.2, 0.25) is 0 Å². The van der Waals surface area contributed by atoms with Gasteiger partial charge in [-0.15, -0.1) is 0 Å². The number of hydrogen-bond acceptors (Lipinski definition) is 2. The first-order valence-corrected chi connectivity index (χ1v) is 5.79. The number of amidine groups is 1. The normalized spacial score (nSPS) is 19.2. The van der Waals surface area contributed by atoms with Crippen LogP contribution in [0.2, 0.25) is 0 Å². The lowest BCUT2D eigenvalue weighted by Gasteiger charge is -2.32. The van der Waals surface area contributed by atoms with Gasteiger partial charge in [0, 0.05) is 32.4 Å². The molecule has 0 aromatic rings. The number of piperidine rings is 1. The Kier molecular flexibility index (Phi) is 4.79. The van der Waals surface area contributed by atoms with Gasteiger partial charge in [-0.3, -0.25) is 9.98 Å². The topological polar surface area (TPSA) is 28.0 Å². The smallest absolute Gasteiger partial charge is 0.0954 e. The summed E-state index contributed by atoms with van der Waals surface area (Å²) in [4.78, 5) is 11.1. The zero-order valence-corrected chi connectivity index (χ0v) is 10.5. The fourth-order valence-electron chi connectivity index (χ4n) is 1.89. The van der Waals surface area contributed by atoms with E-state index in [9.17, 15) is 0 Å². The van der Waals surface area contributed by atoms with Crippen LogP contribution in [0, 0.1) is 5.92 Å². The molecule has 0 saturated carbocycles. The van der Waals surface area contributed by atoms with Crippen LogP contribution in [0.15, 0.2) is 9.98 Å². The molecule has 0 N–H and O–H groups in total. The van der Waals surface area contributed by atoms with Crippen LogP contribution in [-0.4, -0.2) is 43.1 Å². The van der Waals surface area contributed by atoms with Crippen molar-refractivity contribution in [3.8, 4) is 0 Å². The predicted octanol–water partition coefficient (Wildman–Crippen LogP) is 2.23. The fourth-order valence-corrected chi connectivity index (χ4v) is 1.89. The summed E-state index contributed by atoms with van der Waals surface area (Å²) in [5.41, 5.74) is 1.20. The van der Waals surface area contributed by atoms with E-state index in [1.807, 2.05) is 7.05 Å². The Balaban J connectivity index is 2.33. The highest BCUT2D eigenvalue weighted by molar-refractivity contribution is 5.79. The number of aliphatic imine (C=N–C) groups is 2. The quantitative estimate of drug-likeness (QED) is 0.506. The fraction of sp³-hybridized carbons (Fsp3) is 0.833. The maximum atomic E-state index is 4.51. The maximum Gasteiger partial charge on any atom is 0.0954 e. The van der Waals surface area contributed by atoms with Crippen molar-refractivity contribution in [1.82, 2.24) is 4.90 Å². The lowest BCUT2D eigenvalue weighted by Crippen LogP contribution is -2.37. The van der Waals surface area contributed by atoms with E-state index in [1.54, 1.807) is 0 Å². The zero-order valence-electron chi connectivity index (χ0n) is 10.5. The molecular weight excluding hydrogens is 186 g/mol. The Bertz CT molecular complexity index is 244. The van der Waals surface area contributed by atoms with Crippen LogP contribution in [0.1, 0.15) is 33.6 Å². The van der Waals surface area contributed by atoms with E-state index in [0.717, 1.165) is 25.6 Å². The molecule has 0 aliphatic carbocycles. The molecule has 1 aliphatic rings. The molecule has 0 radical (unpaired) electrons. The summed E-state index contributed by atoms with van der Waals surface area (Å²) < 4.78 is 0. The molecule has 3 heteroatoms. The third kappa shape index (κ3) is 4.02. The van der Waals surface area contributed by atoms with Gasteiger partial charge in [-0.25, -0.2) is 0 Å². The van der Waals surface area contributed by atoms with Crippen LogP contribution in [0.4, 0.5) is 0 Å². The highest BCUT2D eigenvalue weighted by atomic mass is 15.2. The highest BCUT2D eigenvalue weighted by Crippen LogP contribution is 2.17. The molecule has 15 heavy (non-hydrogen) atoms. The third-order valence-electron chi connectivity index (χ3n) is 3.06. The Morgan fingerprint density at radius 2 is 1.80 bits per heavy atom. The van der Waals surface area contributed by atoms with Crippen molar-refractivity contribution in [2.45, 2.75) is 33.6 Å². The molecule has 0 unspecified atom stereocenters. The van der Waals surface area contributed by atoms with Gasteiger partial charge in [0.1, 0.15) is 0 Å². The molecule has 0 aromatic heterocycles. The molecule has 1 aliphatic heterocycles. The molecule has 0 spiro atoms. The Morgan fingerprint density at radius 1 is 1.20 bits per heavy atom. The van der Waals surface area contributed by atoms with Gasteiger partial charge in [0.25, 0.3) is 0 Å². The van der Waals surface area contributed by atoms with Crippen LogP contribution in [0.25, 0.3) is 0 Å². The molecule has 86 valence electrons. The van der Waals surface area contributed by atoms with Gasteiger partial charge < -0.3 is 4.90 Å². The summed E-state index contributed by atoms with van der Waals surface area (Å²) in [5, 5.41) is 0. The number of rotatable bonds is 2. The minimum Gasteiger partial charge on any atom is -0.361 e. The number of hydrogen-bond donors (Lipinski definition) is 0. The van der Waals surface area contributed by atoms with Gasteiger partial charge in [-0.05, 0) is 39.5 Å². The number of likely N-dealkylation sites (tertiary alicyclic amines) is 1. The van der Waals surface area contributed by atoms with Crippen LogP contribution in [0.3, 0.4) is 0 Å². The number of nitrogens with zero attached hydrogens (tertiary/aromatic N) is 3. The second-order valence-electron chi connectivity index (χ2n) is 4.49. The molecule has 0 atom stereocenters. The van der Waals surface area contributed by atoms with Crippen LogP contribution < -0.4 is 0 Å². The summed E-state index contributed by atoms with van der Waals surface area (Å²) in [5.74, 6) is 1.95. The van der Waals surface area contributed by atoms with Crippen molar-refractivity contribution in [1.29, 1.82) is 0 Å².